The maximum absolute atomic E-state index is 12.8. The van der Waals surface area contributed by atoms with Crippen LogP contribution in [0.25, 0.3) is 0 Å². The van der Waals surface area contributed by atoms with Crippen molar-refractivity contribution in [1.82, 2.24) is 0 Å². The SMILES string of the molecule is O=C(CBr)Nc1ccc(S(=O)(=O)c2ccc(F)cc2)cc1. The topological polar surface area (TPSA) is 63.2 Å². The number of halogens is 2. The number of hydrogen-bond donors (Lipinski definition) is 1. The number of alkyl halides is 1. The minimum atomic E-state index is -3.70. The Morgan fingerprint density at radius 3 is 1.95 bits per heavy atom. The molecule has 21 heavy (non-hydrogen) atoms. The molecule has 0 aliphatic heterocycles. The van der Waals surface area contributed by atoms with Crippen LogP contribution in [0.1, 0.15) is 0 Å². The highest BCUT2D eigenvalue weighted by Gasteiger charge is 2.17. The van der Waals surface area contributed by atoms with Crippen LogP contribution in [-0.4, -0.2) is 19.7 Å². The fraction of sp³-hybridized carbons (Fsp3) is 0.0714. The van der Waals surface area contributed by atoms with E-state index in [2.05, 4.69) is 21.2 Å². The zero-order valence-corrected chi connectivity index (χ0v) is 13.1. The Balaban J connectivity index is 2.29. The van der Waals surface area contributed by atoms with Gasteiger partial charge in [0.05, 0.1) is 15.1 Å². The first-order valence-corrected chi connectivity index (χ1v) is 8.50. The number of carbonyl (C=O) groups is 1. The van der Waals surface area contributed by atoms with Crippen molar-refractivity contribution in [1.29, 1.82) is 0 Å². The number of hydrogen-bond acceptors (Lipinski definition) is 3. The van der Waals surface area contributed by atoms with Crippen LogP contribution in [0, 0.1) is 5.82 Å². The molecule has 0 bridgehead atoms. The predicted octanol–water partition coefficient (Wildman–Crippen LogP) is 2.99. The molecule has 2 rings (SSSR count). The summed E-state index contributed by atoms with van der Waals surface area (Å²) in [5, 5.41) is 2.74. The Morgan fingerprint density at radius 1 is 1.00 bits per heavy atom. The number of benzene rings is 2. The molecule has 0 aliphatic carbocycles. The first-order chi connectivity index (χ1) is 9.93. The summed E-state index contributed by atoms with van der Waals surface area (Å²) < 4.78 is 37.5. The molecule has 2 aromatic rings. The Morgan fingerprint density at radius 2 is 1.48 bits per heavy atom. The summed E-state index contributed by atoms with van der Waals surface area (Å²) in [5.41, 5.74) is 0.498. The summed E-state index contributed by atoms with van der Waals surface area (Å²) in [4.78, 5) is 11.3. The smallest absolute Gasteiger partial charge is 0.235 e. The van der Waals surface area contributed by atoms with Crippen LogP contribution in [0.15, 0.2) is 58.3 Å². The average molecular weight is 372 g/mol. The molecule has 0 saturated carbocycles. The summed E-state index contributed by atoms with van der Waals surface area (Å²) in [7, 11) is -3.70. The van der Waals surface area contributed by atoms with E-state index < -0.39 is 15.7 Å². The van der Waals surface area contributed by atoms with Gasteiger partial charge in [-0.3, -0.25) is 4.79 Å². The molecule has 0 radical (unpaired) electrons. The number of carbonyl (C=O) groups excluding carboxylic acids is 1. The molecule has 0 aromatic heterocycles. The van der Waals surface area contributed by atoms with Gasteiger partial charge >= 0.3 is 0 Å². The van der Waals surface area contributed by atoms with Gasteiger partial charge in [0.2, 0.25) is 15.7 Å². The van der Waals surface area contributed by atoms with E-state index in [9.17, 15) is 17.6 Å². The van der Waals surface area contributed by atoms with E-state index in [4.69, 9.17) is 0 Å². The third-order valence-corrected chi connectivity index (χ3v) is 4.99. The summed E-state index contributed by atoms with van der Waals surface area (Å²) in [6.07, 6.45) is 0. The highest BCUT2D eigenvalue weighted by molar-refractivity contribution is 9.09. The first-order valence-electron chi connectivity index (χ1n) is 5.90. The van der Waals surface area contributed by atoms with Gasteiger partial charge in [-0.25, -0.2) is 12.8 Å². The lowest BCUT2D eigenvalue weighted by Gasteiger charge is -2.07. The molecule has 1 N–H and O–H groups in total. The number of amides is 1. The predicted molar refractivity (Wildman–Crippen MR) is 80.7 cm³/mol. The van der Waals surface area contributed by atoms with Crippen molar-refractivity contribution in [3.05, 3.63) is 54.3 Å². The highest BCUT2D eigenvalue weighted by atomic mass is 79.9. The second kappa shape index (κ2) is 6.36. The second-order valence-corrected chi connectivity index (χ2v) is 6.67. The molecule has 0 aliphatic rings. The van der Waals surface area contributed by atoms with Gasteiger partial charge in [-0.05, 0) is 48.5 Å². The van der Waals surface area contributed by atoms with Crippen LogP contribution in [0.5, 0.6) is 0 Å². The lowest BCUT2D eigenvalue weighted by atomic mass is 10.3. The normalized spacial score (nSPS) is 11.1. The van der Waals surface area contributed by atoms with Crippen LogP contribution in [0.4, 0.5) is 10.1 Å². The second-order valence-electron chi connectivity index (χ2n) is 4.16. The van der Waals surface area contributed by atoms with Crippen LogP contribution < -0.4 is 5.32 Å². The molecule has 0 heterocycles. The standard InChI is InChI=1S/C14H11BrFNO3S/c15-9-14(18)17-11-3-7-13(8-4-11)21(19,20)12-5-1-10(16)2-6-12/h1-8H,9H2,(H,17,18). The number of rotatable bonds is 4. The largest absolute Gasteiger partial charge is 0.325 e. The molecule has 110 valence electrons. The van der Waals surface area contributed by atoms with Crippen LogP contribution >= 0.6 is 15.9 Å². The Labute approximate surface area is 130 Å². The van der Waals surface area contributed by atoms with Crippen molar-refractivity contribution in [2.24, 2.45) is 0 Å². The zero-order valence-electron chi connectivity index (χ0n) is 10.7. The molecule has 0 saturated heterocycles. The van der Waals surface area contributed by atoms with Gasteiger partial charge in [-0.15, -0.1) is 0 Å². The van der Waals surface area contributed by atoms with Gasteiger partial charge in [0.1, 0.15) is 5.82 Å². The maximum atomic E-state index is 12.8. The van der Waals surface area contributed by atoms with Gasteiger partial charge in [0.25, 0.3) is 0 Å². The zero-order chi connectivity index (χ0) is 15.5. The molecule has 1 amide bonds. The van der Waals surface area contributed by atoms with E-state index in [-0.39, 0.29) is 21.0 Å². The molecule has 2 aromatic carbocycles. The van der Waals surface area contributed by atoms with E-state index in [1.807, 2.05) is 0 Å². The van der Waals surface area contributed by atoms with Gasteiger partial charge in [0.15, 0.2) is 0 Å². The number of nitrogens with one attached hydrogen (secondary N) is 1. The monoisotopic (exact) mass is 371 g/mol. The van der Waals surface area contributed by atoms with E-state index in [1.165, 1.54) is 36.4 Å². The van der Waals surface area contributed by atoms with Gasteiger partial charge < -0.3 is 5.32 Å². The maximum Gasteiger partial charge on any atom is 0.235 e. The minimum Gasteiger partial charge on any atom is -0.325 e. The molecule has 4 nitrogen and oxygen atoms in total. The van der Waals surface area contributed by atoms with Crippen molar-refractivity contribution in [2.75, 3.05) is 10.6 Å². The first kappa shape index (κ1) is 15.7. The van der Waals surface area contributed by atoms with Gasteiger partial charge in [0, 0.05) is 5.69 Å². The summed E-state index contributed by atoms with van der Waals surface area (Å²) in [5.74, 6) is -0.731. The van der Waals surface area contributed by atoms with Crippen LogP contribution in [0.2, 0.25) is 0 Å². The average Bonchev–Trinajstić information content (AvgIpc) is 2.48. The minimum absolute atomic E-state index is 0.0149. The highest BCUT2D eigenvalue weighted by Crippen LogP contribution is 2.22. The summed E-state index contributed by atoms with van der Waals surface area (Å²) in [6.45, 7) is 0. The molecule has 0 fully saturated rings. The lowest BCUT2D eigenvalue weighted by molar-refractivity contribution is -0.113. The van der Waals surface area contributed by atoms with E-state index in [0.29, 0.717) is 5.69 Å². The Kier molecular flexibility index (Phi) is 4.74. The number of anilines is 1. The van der Waals surface area contributed by atoms with Crippen LogP contribution in [0.3, 0.4) is 0 Å². The molecule has 7 heteroatoms. The molecular weight excluding hydrogens is 361 g/mol. The molecule has 0 atom stereocenters. The van der Waals surface area contributed by atoms with Gasteiger partial charge in [-0.1, -0.05) is 15.9 Å². The van der Waals surface area contributed by atoms with Crippen molar-refractivity contribution >= 4 is 37.4 Å². The molecular formula is C14H11BrFNO3S. The van der Waals surface area contributed by atoms with E-state index >= 15 is 0 Å². The number of sulfone groups is 1. The van der Waals surface area contributed by atoms with Crippen LogP contribution in [-0.2, 0) is 14.6 Å². The molecule has 0 unspecified atom stereocenters. The summed E-state index contributed by atoms with van der Waals surface area (Å²) >= 11 is 3.02. The fourth-order valence-electron chi connectivity index (χ4n) is 1.66. The van der Waals surface area contributed by atoms with Gasteiger partial charge in [-0.2, -0.15) is 0 Å². The third-order valence-electron chi connectivity index (χ3n) is 2.69. The third kappa shape index (κ3) is 3.68. The fourth-order valence-corrected chi connectivity index (χ4v) is 3.06. The van der Waals surface area contributed by atoms with E-state index in [1.54, 1.807) is 0 Å². The van der Waals surface area contributed by atoms with E-state index in [0.717, 1.165) is 12.1 Å². The molecule has 0 spiro atoms. The Bertz CT molecular complexity index is 743. The summed E-state index contributed by atoms with van der Waals surface area (Å²) in [6, 6.07) is 10.4. The van der Waals surface area contributed by atoms with Crippen molar-refractivity contribution in [3.63, 3.8) is 0 Å². The lowest BCUT2D eigenvalue weighted by Crippen LogP contribution is -2.12. The van der Waals surface area contributed by atoms with Crippen molar-refractivity contribution in [2.45, 2.75) is 9.79 Å². The van der Waals surface area contributed by atoms with Crippen molar-refractivity contribution < 1.29 is 17.6 Å². The van der Waals surface area contributed by atoms with Crippen molar-refractivity contribution in [3.8, 4) is 0 Å². The quantitative estimate of drug-likeness (QED) is 0.663. The Hall–Kier alpha value is -1.73.